The molecule has 0 aliphatic heterocycles. The number of halogens is 1. The summed E-state index contributed by atoms with van der Waals surface area (Å²) in [5.74, 6) is 0.119. The van der Waals surface area contributed by atoms with Crippen LogP contribution < -0.4 is 5.32 Å². The van der Waals surface area contributed by atoms with Crippen LogP contribution in [0, 0.1) is 6.92 Å². The Hall–Kier alpha value is -3.48. The van der Waals surface area contributed by atoms with E-state index in [1.54, 1.807) is 0 Å². The van der Waals surface area contributed by atoms with Crippen molar-refractivity contribution >= 4 is 18.4 Å². The predicted octanol–water partition coefficient (Wildman–Crippen LogP) is 5.37. The minimum Gasteiger partial charge on any atom is -0.481 e. The van der Waals surface area contributed by atoms with Gasteiger partial charge in [0, 0.05) is 24.2 Å². The maximum Gasteiger partial charge on any atom is 0.304 e. The van der Waals surface area contributed by atoms with Crippen molar-refractivity contribution < 1.29 is 14.3 Å². The van der Waals surface area contributed by atoms with Gasteiger partial charge in [0.25, 0.3) is 0 Å². The fraction of sp³-hybridized carbons (Fsp3) is 0.160. The monoisotopic (exact) mass is 449 g/mol. The van der Waals surface area contributed by atoms with Crippen LogP contribution in [0.15, 0.2) is 77.2 Å². The molecule has 0 aliphatic carbocycles. The summed E-state index contributed by atoms with van der Waals surface area (Å²) in [5.41, 5.74) is 6.11. The Kier molecular flexibility index (Phi) is 7.76. The van der Waals surface area contributed by atoms with E-state index in [1.807, 2.05) is 54.6 Å². The van der Waals surface area contributed by atoms with Crippen molar-refractivity contribution in [2.45, 2.75) is 19.9 Å². The molecule has 0 unspecified atom stereocenters. The average molecular weight is 450 g/mol. The molecule has 6 nitrogen and oxygen atoms in total. The van der Waals surface area contributed by atoms with Crippen molar-refractivity contribution in [2.24, 2.45) is 0 Å². The van der Waals surface area contributed by atoms with Gasteiger partial charge in [-0.05, 0) is 47.4 Å². The summed E-state index contributed by atoms with van der Waals surface area (Å²) in [5, 5.41) is 20.4. The minimum atomic E-state index is -0.814. The smallest absolute Gasteiger partial charge is 0.304 e. The first-order chi connectivity index (χ1) is 15.1. The van der Waals surface area contributed by atoms with Gasteiger partial charge in [-0.3, -0.25) is 4.79 Å². The number of carbonyl (C=O) groups is 1. The van der Waals surface area contributed by atoms with Crippen LogP contribution in [0.5, 0.6) is 0 Å². The minimum absolute atomic E-state index is 0. The summed E-state index contributed by atoms with van der Waals surface area (Å²) in [6.07, 6.45) is 0.0914. The molecule has 0 fully saturated rings. The fourth-order valence-corrected chi connectivity index (χ4v) is 3.49. The second kappa shape index (κ2) is 10.7. The molecule has 4 rings (SSSR count). The summed E-state index contributed by atoms with van der Waals surface area (Å²) >= 11 is 0. The summed E-state index contributed by atoms with van der Waals surface area (Å²) in [6.45, 7) is 3.05. The summed E-state index contributed by atoms with van der Waals surface area (Å²) in [7, 11) is 0. The van der Waals surface area contributed by atoms with Crippen molar-refractivity contribution in [3.8, 4) is 34.0 Å². The number of hydrogen-bond donors (Lipinski definition) is 2. The molecule has 164 valence electrons. The van der Waals surface area contributed by atoms with E-state index < -0.39 is 5.97 Å². The highest BCUT2D eigenvalue weighted by molar-refractivity contribution is 5.85. The van der Waals surface area contributed by atoms with Crippen LogP contribution in [0.2, 0.25) is 0 Å². The van der Waals surface area contributed by atoms with Gasteiger partial charge in [0.2, 0.25) is 11.8 Å². The lowest BCUT2D eigenvalue weighted by Gasteiger charge is -2.09. The van der Waals surface area contributed by atoms with Gasteiger partial charge in [0.1, 0.15) is 0 Å². The molecule has 4 aromatic rings. The topological polar surface area (TPSA) is 88.2 Å². The third-order valence-electron chi connectivity index (χ3n) is 5.09. The Bertz CT molecular complexity index is 1190. The second-order valence-electron chi connectivity index (χ2n) is 7.28. The Morgan fingerprint density at radius 3 is 2.38 bits per heavy atom. The summed E-state index contributed by atoms with van der Waals surface area (Å²) in [6, 6.07) is 24.1. The van der Waals surface area contributed by atoms with Gasteiger partial charge < -0.3 is 14.8 Å². The lowest BCUT2D eigenvalue weighted by molar-refractivity contribution is -0.136. The molecule has 0 amide bonds. The van der Waals surface area contributed by atoms with Crippen LogP contribution in [0.1, 0.15) is 17.5 Å². The van der Waals surface area contributed by atoms with Crippen molar-refractivity contribution in [1.82, 2.24) is 15.5 Å². The third kappa shape index (κ3) is 5.41. The van der Waals surface area contributed by atoms with Gasteiger partial charge in [0.05, 0.1) is 6.42 Å². The quantitative estimate of drug-likeness (QED) is 0.352. The highest BCUT2D eigenvalue weighted by atomic mass is 35.5. The van der Waals surface area contributed by atoms with E-state index >= 15 is 0 Å². The van der Waals surface area contributed by atoms with Gasteiger partial charge >= 0.3 is 5.97 Å². The molecule has 0 saturated carbocycles. The molecule has 0 spiro atoms. The van der Waals surface area contributed by atoms with E-state index in [9.17, 15) is 4.79 Å². The number of rotatable bonds is 8. The zero-order chi connectivity index (χ0) is 21.6. The number of nitrogens with zero attached hydrogens (tertiary/aromatic N) is 2. The van der Waals surface area contributed by atoms with E-state index in [0.717, 1.165) is 33.4 Å². The molecular formula is C25H24ClN3O3. The number of nitrogens with one attached hydrogen (secondary N) is 1. The molecular weight excluding hydrogens is 426 g/mol. The zero-order valence-electron chi connectivity index (χ0n) is 17.6. The van der Waals surface area contributed by atoms with E-state index in [0.29, 0.717) is 24.9 Å². The molecule has 1 aromatic heterocycles. The highest BCUT2D eigenvalue weighted by Gasteiger charge is 2.15. The normalized spacial score (nSPS) is 10.5. The van der Waals surface area contributed by atoms with Crippen LogP contribution in [0.25, 0.3) is 34.0 Å². The van der Waals surface area contributed by atoms with Gasteiger partial charge in [-0.1, -0.05) is 54.6 Å². The molecule has 3 aromatic carbocycles. The van der Waals surface area contributed by atoms with E-state index in [4.69, 9.17) is 9.52 Å². The molecule has 0 aliphatic rings. The molecule has 1 heterocycles. The van der Waals surface area contributed by atoms with Crippen LogP contribution in [0.3, 0.4) is 0 Å². The van der Waals surface area contributed by atoms with Gasteiger partial charge in [0.15, 0.2) is 0 Å². The number of aromatic nitrogens is 2. The number of benzene rings is 3. The number of carboxylic acid groups (broad SMARTS) is 1. The van der Waals surface area contributed by atoms with E-state index in [-0.39, 0.29) is 18.8 Å². The standard InChI is InChI=1S/C25H23N3O3.ClH/c1-17-21(19-8-3-2-4-9-19)11-6-12-22(17)25-28-27-24(31-25)20-10-5-7-18(15-20)16-26-14-13-23(29)30;/h2-12,15,26H,13-14,16H2,1H3,(H,29,30);1H. The Balaban J connectivity index is 0.00000289. The van der Waals surface area contributed by atoms with Crippen LogP contribution in [-0.2, 0) is 11.3 Å². The van der Waals surface area contributed by atoms with Gasteiger partial charge in [-0.2, -0.15) is 0 Å². The van der Waals surface area contributed by atoms with Crippen LogP contribution >= 0.6 is 12.4 Å². The Morgan fingerprint density at radius 2 is 1.59 bits per heavy atom. The van der Waals surface area contributed by atoms with Crippen LogP contribution in [0.4, 0.5) is 0 Å². The first kappa shape index (κ1) is 23.2. The van der Waals surface area contributed by atoms with Crippen LogP contribution in [-0.4, -0.2) is 27.8 Å². The predicted molar refractivity (Wildman–Crippen MR) is 127 cm³/mol. The maximum absolute atomic E-state index is 10.6. The maximum atomic E-state index is 10.6. The molecule has 0 atom stereocenters. The molecule has 0 saturated heterocycles. The van der Waals surface area contributed by atoms with Crippen molar-refractivity contribution in [3.05, 3.63) is 83.9 Å². The molecule has 0 radical (unpaired) electrons. The lowest BCUT2D eigenvalue weighted by Crippen LogP contribution is -2.17. The third-order valence-corrected chi connectivity index (χ3v) is 5.09. The zero-order valence-corrected chi connectivity index (χ0v) is 18.4. The molecule has 0 bridgehead atoms. The SMILES string of the molecule is Cc1c(-c2ccccc2)cccc1-c1nnc(-c2cccc(CNCCC(=O)O)c2)o1.Cl. The Labute approximate surface area is 192 Å². The Morgan fingerprint density at radius 1 is 0.906 bits per heavy atom. The molecule has 32 heavy (non-hydrogen) atoms. The number of aliphatic carboxylic acids is 1. The number of hydrogen-bond acceptors (Lipinski definition) is 5. The van der Waals surface area contributed by atoms with E-state index in [2.05, 4.69) is 40.6 Å². The number of carboxylic acids is 1. The van der Waals surface area contributed by atoms with Crippen molar-refractivity contribution in [1.29, 1.82) is 0 Å². The van der Waals surface area contributed by atoms with Gasteiger partial charge in [-0.25, -0.2) is 0 Å². The lowest BCUT2D eigenvalue weighted by atomic mass is 9.96. The molecule has 7 heteroatoms. The first-order valence-electron chi connectivity index (χ1n) is 10.1. The summed E-state index contributed by atoms with van der Waals surface area (Å²) in [4.78, 5) is 10.6. The largest absolute Gasteiger partial charge is 0.481 e. The first-order valence-corrected chi connectivity index (χ1v) is 10.1. The highest BCUT2D eigenvalue weighted by Crippen LogP contribution is 2.32. The molecule has 2 N–H and O–H groups in total. The average Bonchev–Trinajstić information content (AvgIpc) is 3.28. The van der Waals surface area contributed by atoms with Crippen molar-refractivity contribution in [2.75, 3.05) is 6.54 Å². The van der Waals surface area contributed by atoms with Gasteiger partial charge in [-0.15, -0.1) is 22.6 Å². The van der Waals surface area contributed by atoms with E-state index in [1.165, 1.54) is 0 Å². The summed E-state index contributed by atoms with van der Waals surface area (Å²) < 4.78 is 6.02. The second-order valence-corrected chi connectivity index (χ2v) is 7.28. The van der Waals surface area contributed by atoms with Crippen molar-refractivity contribution in [3.63, 3.8) is 0 Å². The fourth-order valence-electron chi connectivity index (χ4n) is 3.49.